The molecule has 8 nitrogen and oxygen atoms in total. The van der Waals surface area contributed by atoms with Crippen molar-refractivity contribution in [2.24, 2.45) is 0 Å². The van der Waals surface area contributed by atoms with E-state index < -0.39 is 0 Å². The van der Waals surface area contributed by atoms with E-state index in [4.69, 9.17) is 0 Å². The van der Waals surface area contributed by atoms with Crippen LogP contribution in [0.5, 0.6) is 0 Å². The predicted octanol–water partition coefficient (Wildman–Crippen LogP) is 2.36. The first kappa shape index (κ1) is 16.9. The van der Waals surface area contributed by atoms with Crippen molar-refractivity contribution in [1.29, 1.82) is 0 Å². The minimum Gasteiger partial charge on any atom is -0.300 e. The van der Waals surface area contributed by atoms with Gasteiger partial charge in [-0.15, -0.1) is 15.3 Å². The quantitative estimate of drug-likeness (QED) is 0.493. The lowest BCUT2D eigenvalue weighted by molar-refractivity contribution is -0.113. The van der Waals surface area contributed by atoms with Crippen molar-refractivity contribution < 1.29 is 4.79 Å². The fourth-order valence-corrected chi connectivity index (χ4v) is 4.08. The summed E-state index contributed by atoms with van der Waals surface area (Å²) < 4.78 is 2.44. The van der Waals surface area contributed by atoms with Crippen LogP contribution < -0.4 is 5.32 Å². The van der Waals surface area contributed by atoms with Crippen molar-refractivity contribution in [3.8, 4) is 5.69 Å². The van der Waals surface area contributed by atoms with Crippen LogP contribution in [0.3, 0.4) is 0 Å². The number of carbonyl (C=O) groups is 1. The zero-order chi connectivity index (χ0) is 16.8. The second kappa shape index (κ2) is 8.22. The van der Waals surface area contributed by atoms with Crippen molar-refractivity contribution in [3.05, 3.63) is 30.3 Å². The molecule has 0 aliphatic carbocycles. The summed E-state index contributed by atoms with van der Waals surface area (Å²) in [6.07, 6.45) is 0. The topological polar surface area (TPSA) is 98.5 Å². The van der Waals surface area contributed by atoms with Gasteiger partial charge in [-0.2, -0.15) is 4.68 Å². The van der Waals surface area contributed by atoms with E-state index in [9.17, 15) is 4.79 Å². The summed E-state index contributed by atoms with van der Waals surface area (Å²) in [6.45, 7) is 2.04. The van der Waals surface area contributed by atoms with Gasteiger partial charge in [0.2, 0.25) is 16.2 Å². The Balaban J connectivity index is 1.58. The minimum atomic E-state index is -0.174. The standard InChI is InChI=1S/C13H13N7OS3/c1-2-22-13-17-15-11(24-13)14-10(21)8-23-12-16-18-19-20(12)9-6-4-3-5-7-9/h3-7H,2,8H2,1H3,(H,14,15,21). The number of benzene rings is 1. The highest BCUT2D eigenvalue weighted by molar-refractivity contribution is 8.01. The first-order valence-corrected chi connectivity index (χ1v) is 9.78. The highest BCUT2D eigenvalue weighted by Crippen LogP contribution is 2.25. The second-order valence-corrected chi connectivity index (χ2v) is 7.78. The molecule has 11 heteroatoms. The third-order valence-electron chi connectivity index (χ3n) is 2.69. The Kier molecular flexibility index (Phi) is 5.77. The molecule has 0 atom stereocenters. The van der Waals surface area contributed by atoms with Gasteiger partial charge in [0.25, 0.3) is 0 Å². The van der Waals surface area contributed by atoms with Gasteiger partial charge in [0, 0.05) is 0 Å². The van der Waals surface area contributed by atoms with Crippen molar-refractivity contribution in [2.45, 2.75) is 16.4 Å². The summed E-state index contributed by atoms with van der Waals surface area (Å²) in [6, 6.07) is 9.52. The maximum atomic E-state index is 12.0. The number of tetrazole rings is 1. The van der Waals surface area contributed by atoms with Gasteiger partial charge in [-0.3, -0.25) is 10.1 Å². The number of hydrogen-bond acceptors (Lipinski definition) is 9. The highest BCUT2D eigenvalue weighted by atomic mass is 32.2. The average molecular weight is 379 g/mol. The number of hydrogen-bond donors (Lipinski definition) is 1. The number of nitrogens with one attached hydrogen (secondary N) is 1. The highest BCUT2D eigenvalue weighted by Gasteiger charge is 2.13. The second-order valence-electron chi connectivity index (χ2n) is 4.35. The van der Waals surface area contributed by atoms with Crippen LogP contribution in [0.15, 0.2) is 39.8 Å². The van der Waals surface area contributed by atoms with Gasteiger partial charge >= 0.3 is 0 Å². The molecular formula is C13H13N7OS3. The molecule has 1 aromatic carbocycles. The van der Waals surface area contributed by atoms with E-state index in [1.165, 1.54) is 23.1 Å². The first-order valence-electron chi connectivity index (χ1n) is 6.99. The monoisotopic (exact) mass is 379 g/mol. The van der Waals surface area contributed by atoms with Crippen molar-refractivity contribution in [1.82, 2.24) is 30.4 Å². The minimum absolute atomic E-state index is 0.174. The lowest BCUT2D eigenvalue weighted by Gasteiger charge is -2.03. The summed E-state index contributed by atoms with van der Waals surface area (Å²) >= 11 is 4.21. The van der Waals surface area contributed by atoms with E-state index in [0.29, 0.717) is 10.3 Å². The summed E-state index contributed by atoms with van der Waals surface area (Å²) in [5.74, 6) is 0.927. The molecule has 0 saturated heterocycles. The Bertz CT molecular complexity index is 805. The van der Waals surface area contributed by atoms with E-state index >= 15 is 0 Å². The molecular weight excluding hydrogens is 366 g/mol. The number of anilines is 1. The molecule has 2 heterocycles. The number of rotatable bonds is 7. The maximum absolute atomic E-state index is 12.0. The fourth-order valence-electron chi connectivity index (χ4n) is 1.73. The molecule has 1 N–H and O–H groups in total. The summed E-state index contributed by atoms with van der Waals surface area (Å²) in [5, 5.41) is 23.3. The third-order valence-corrected chi connectivity index (χ3v) is 5.47. The van der Waals surface area contributed by atoms with Crippen molar-refractivity contribution >= 4 is 45.9 Å². The van der Waals surface area contributed by atoms with Gasteiger partial charge in [-0.25, -0.2) is 0 Å². The van der Waals surface area contributed by atoms with Crippen LogP contribution in [-0.2, 0) is 4.79 Å². The van der Waals surface area contributed by atoms with Crippen LogP contribution in [0.4, 0.5) is 5.13 Å². The van der Waals surface area contributed by atoms with Crippen LogP contribution in [-0.4, -0.2) is 47.8 Å². The molecule has 0 aliphatic heterocycles. The number of aromatic nitrogens is 6. The number of para-hydroxylation sites is 1. The Labute approximate surface area is 150 Å². The average Bonchev–Trinajstić information content (AvgIpc) is 3.23. The molecule has 0 saturated carbocycles. The van der Waals surface area contributed by atoms with Gasteiger partial charge in [0.05, 0.1) is 11.4 Å². The zero-order valence-electron chi connectivity index (χ0n) is 12.6. The van der Waals surface area contributed by atoms with Crippen LogP contribution in [0, 0.1) is 0 Å². The molecule has 1 amide bonds. The maximum Gasteiger partial charge on any atom is 0.236 e. The molecule has 0 unspecified atom stereocenters. The summed E-state index contributed by atoms with van der Waals surface area (Å²) in [7, 11) is 0. The molecule has 2 aromatic heterocycles. The molecule has 3 rings (SSSR count). The molecule has 24 heavy (non-hydrogen) atoms. The number of amides is 1. The number of nitrogens with zero attached hydrogens (tertiary/aromatic N) is 6. The van der Waals surface area contributed by atoms with Crippen LogP contribution in [0.2, 0.25) is 0 Å². The SMILES string of the molecule is CCSc1nnc(NC(=O)CSc2nnnn2-c2ccccc2)s1. The third kappa shape index (κ3) is 4.30. The van der Waals surface area contributed by atoms with Gasteiger partial charge in [-0.05, 0) is 28.3 Å². The molecule has 3 aromatic rings. The fraction of sp³-hybridized carbons (Fsp3) is 0.231. The van der Waals surface area contributed by atoms with Gasteiger partial charge in [0.1, 0.15) is 0 Å². The lowest BCUT2D eigenvalue weighted by atomic mass is 10.3. The normalized spacial score (nSPS) is 10.7. The van der Waals surface area contributed by atoms with Crippen molar-refractivity contribution in [2.75, 3.05) is 16.8 Å². The predicted molar refractivity (Wildman–Crippen MR) is 94.8 cm³/mol. The molecule has 0 fully saturated rings. The van der Waals surface area contributed by atoms with E-state index in [1.807, 2.05) is 37.3 Å². The first-order chi connectivity index (χ1) is 11.8. The number of thioether (sulfide) groups is 2. The molecule has 0 radical (unpaired) electrons. The van der Waals surface area contributed by atoms with E-state index in [-0.39, 0.29) is 11.7 Å². The molecule has 124 valence electrons. The van der Waals surface area contributed by atoms with E-state index in [1.54, 1.807) is 16.4 Å². The summed E-state index contributed by atoms with van der Waals surface area (Å²) in [5.41, 5.74) is 0.843. The number of carbonyl (C=O) groups excluding carboxylic acids is 1. The van der Waals surface area contributed by atoms with Crippen LogP contribution >= 0.6 is 34.9 Å². The van der Waals surface area contributed by atoms with Gasteiger partial charge < -0.3 is 0 Å². The van der Waals surface area contributed by atoms with E-state index in [2.05, 4.69) is 31.0 Å². The Morgan fingerprint density at radius 3 is 2.83 bits per heavy atom. The largest absolute Gasteiger partial charge is 0.300 e. The molecule has 0 bridgehead atoms. The van der Waals surface area contributed by atoms with Crippen molar-refractivity contribution in [3.63, 3.8) is 0 Å². The van der Waals surface area contributed by atoms with Crippen LogP contribution in [0.25, 0.3) is 5.69 Å². The molecule has 0 aliphatic rings. The Hall–Kier alpha value is -1.98. The summed E-state index contributed by atoms with van der Waals surface area (Å²) in [4.78, 5) is 12.0. The van der Waals surface area contributed by atoms with Gasteiger partial charge in [-0.1, -0.05) is 60.0 Å². The lowest BCUT2D eigenvalue weighted by Crippen LogP contribution is -2.14. The Morgan fingerprint density at radius 2 is 2.04 bits per heavy atom. The van der Waals surface area contributed by atoms with Gasteiger partial charge in [0.15, 0.2) is 4.34 Å². The Morgan fingerprint density at radius 1 is 1.21 bits per heavy atom. The zero-order valence-corrected chi connectivity index (χ0v) is 15.1. The smallest absolute Gasteiger partial charge is 0.236 e. The van der Waals surface area contributed by atoms with Crippen LogP contribution in [0.1, 0.15) is 6.92 Å². The van der Waals surface area contributed by atoms with E-state index in [0.717, 1.165) is 15.8 Å². The molecule has 0 spiro atoms.